The van der Waals surface area contributed by atoms with E-state index in [0.29, 0.717) is 5.82 Å². The Balaban J connectivity index is 2.13. The third-order valence-corrected chi connectivity index (χ3v) is 3.13. The Kier molecular flexibility index (Phi) is 2.40. The monoisotopic (exact) mass is 194 g/mol. The number of rotatable bonds is 3. The van der Waals surface area contributed by atoms with E-state index in [-0.39, 0.29) is 11.4 Å². The number of pyridine rings is 1. The van der Waals surface area contributed by atoms with Crippen LogP contribution in [0, 0.1) is 5.82 Å². The van der Waals surface area contributed by atoms with Crippen LogP contribution in [-0.4, -0.2) is 10.5 Å². The van der Waals surface area contributed by atoms with Gasteiger partial charge in [-0.05, 0) is 37.8 Å². The second kappa shape index (κ2) is 3.56. The molecule has 1 N–H and O–H groups in total. The highest BCUT2D eigenvalue weighted by Crippen LogP contribution is 2.37. The summed E-state index contributed by atoms with van der Waals surface area (Å²) in [6, 6.07) is 3.05. The largest absolute Gasteiger partial charge is 0.362 e. The first-order chi connectivity index (χ1) is 6.76. The standard InChI is InChI=1S/C11H15FN2/c1-2-11(6-4-7-11)14-10-9(12)5-3-8-13-10/h3,5,8H,2,4,6-7H2,1H3,(H,13,14). The molecule has 0 unspecified atom stereocenters. The van der Waals surface area contributed by atoms with Crippen LogP contribution in [0.25, 0.3) is 0 Å². The highest BCUT2D eigenvalue weighted by Gasteiger charge is 2.35. The quantitative estimate of drug-likeness (QED) is 0.800. The van der Waals surface area contributed by atoms with Gasteiger partial charge in [-0.2, -0.15) is 0 Å². The van der Waals surface area contributed by atoms with Crippen LogP contribution in [0.3, 0.4) is 0 Å². The van der Waals surface area contributed by atoms with Crippen molar-refractivity contribution in [2.24, 2.45) is 0 Å². The Morgan fingerprint density at radius 2 is 2.36 bits per heavy atom. The Morgan fingerprint density at radius 1 is 1.57 bits per heavy atom. The Bertz CT molecular complexity index is 315. The highest BCUT2D eigenvalue weighted by molar-refractivity contribution is 5.39. The Labute approximate surface area is 83.6 Å². The molecule has 0 amide bonds. The fraction of sp³-hybridized carbons (Fsp3) is 0.545. The summed E-state index contributed by atoms with van der Waals surface area (Å²) in [6.45, 7) is 2.13. The fourth-order valence-electron chi connectivity index (χ4n) is 1.90. The molecule has 1 aromatic heterocycles. The van der Waals surface area contributed by atoms with E-state index in [1.54, 1.807) is 12.3 Å². The molecular formula is C11H15FN2. The molecule has 0 spiro atoms. The summed E-state index contributed by atoms with van der Waals surface area (Å²) >= 11 is 0. The van der Waals surface area contributed by atoms with Crippen molar-refractivity contribution >= 4 is 5.82 Å². The summed E-state index contributed by atoms with van der Waals surface area (Å²) in [5.74, 6) is 0.140. The summed E-state index contributed by atoms with van der Waals surface area (Å²) in [4.78, 5) is 4.01. The van der Waals surface area contributed by atoms with Gasteiger partial charge in [0.25, 0.3) is 0 Å². The highest BCUT2D eigenvalue weighted by atomic mass is 19.1. The average Bonchev–Trinajstić information content (AvgIpc) is 2.14. The topological polar surface area (TPSA) is 24.9 Å². The number of nitrogens with one attached hydrogen (secondary N) is 1. The zero-order valence-corrected chi connectivity index (χ0v) is 8.39. The lowest BCUT2D eigenvalue weighted by Gasteiger charge is -2.42. The van der Waals surface area contributed by atoms with Crippen molar-refractivity contribution in [3.8, 4) is 0 Å². The molecule has 0 aromatic carbocycles. The summed E-state index contributed by atoms with van der Waals surface area (Å²) < 4.78 is 13.3. The van der Waals surface area contributed by atoms with Crippen molar-refractivity contribution in [2.45, 2.75) is 38.1 Å². The first kappa shape index (κ1) is 9.44. The van der Waals surface area contributed by atoms with Crippen LogP contribution in [0.4, 0.5) is 10.2 Å². The number of halogens is 1. The molecule has 2 nitrogen and oxygen atoms in total. The molecule has 0 saturated heterocycles. The lowest BCUT2D eigenvalue weighted by Crippen LogP contribution is -2.44. The van der Waals surface area contributed by atoms with Gasteiger partial charge in [-0.1, -0.05) is 6.92 Å². The van der Waals surface area contributed by atoms with Gasteiger partial charge in [0, 0.05) is 11.7 Å². The number of hydrogen-bond donors (Lipinski definition) is 1. The minimum Gasteiger partial charge on any atom is -0.362 e. The van der Waals surface area contributed by atoms with Gasteiger partial charge in [0.15, 0.2) is 11.6 Å². The van der Waals surface area contributed by atoms with Gasteiger partial charge >= 0.3 is 0 Å². The van der Waals surface area contributed by atoms with Gasteiger partial charge < -0.3 is 5.32 Å². The summed E-state index contributed by atoms with van der Waals surface area (Å²) in [6.07, 6.45) is 6.13. The molecule has 1 fully saturated rings. The van der Waals surface area contributed by atoms with Gasteiger partial charge in [0.05, 0.1) is 0 Å². The SMILES string of the molecule is CCC1(Nc2ncccc2F)CCC1. The summed E-state index contributed by atoms with van der Waals surface area (Å²) in [5, 5.41) is 3.22. The van der Waals surface area contributed by atoms with Crippen LogP contribution in [0.15, 0.2) is 18.3 Å². The van der Waals surface area contributed by atoms with Gasteiger partial charge in [-0.25, -0.2) is 9.37 Å². The molecule has 2 rings (SSSR count). The van der Waals surface area contributed by atoms with Gasteiger partial charge in [0.2, 0.25) is 0 Å². The van der Waals surface area contributed by atoms with E-state index in [0.717, 1.165) is 19.3 Å². The van der Waals surface area contributed by atoms with Crippen LogP contribution in [0.1, 0.15) is 32.6 Å². The first-order valence-corrected chi connectivity index (χ1v) is 5.14. The Morgan fingerprint density at radius 3 is 2.86 bits per heavy atom. The van der Waals surface area contributed by atoms with E-state index < -0.39 is 0 Å². The normalized spacial score (nSPS) is 18.7. The van der Waals surface area contributed by atoms with Crippen molar-refractivity contribution < 1.29 is 4.39 Å². The Hall–Kier alpha value is -1.12. The van der Waals surface area contributed by atoms with Gasteiger partial charge in [0.1, 0.15) is 0 Å². The predicted octanol–water partition coefficient (Wildman–Crippen LogP) is 2.97. The average molecular weight is 194 g/mol. The second-order valence-corrected chi connectivity index (χ2v) is 3.95. The molecule has 1 aromatic rings. The number of anilines is 1. The van der Waals surface area contributed by atoms with E-state index in [4.69, 9.17) is 0 Å². The third-order valence-electron chi connectivity index (χ3n) is 3.13. The molecule has 0 aliphatic heterocycles. The van der Waals surface area contributed by atoms with E-state index in [1.807, 2.05) is 0 Å². The van der Waals surface area contributed by atoms with E-state index in [9.17, 15) is 4.39 Å². The van der Waals surface area contributed by atoms with Crippen LogP contribution < -0.4 is 5.32 Å². The van der Waals surface area contributed by atoms with Crippen molar-refractivity contribution in [3.63, 3.8) is 0 Å². The van der Waals surface area contributed by atoms with Crippen LogP contribution in [0.5, 0.6) is 0 Å². The predicted molar refractivity (Wildman–Crippen MR) is 54.7 cm³/mol. The maximum atomic E-state index is 13.3. The van der Waals surface area contributed by atoms with E-state index in [1.165, 1.54) is 12.5 Å². The van der Waals surface area contributed by atoms with Crippen LogP contribution in [-0.2, 0) is 0 Å². The summed E-state index contributed by atoms with van der Waals surface area (Å²) in [5.41, 5.74) is 0.106. The minimum atomic E-state index is -0.257. The number of nitrogens with zero attached hydrogens (tertiary/aromatic N) is 1. The van der Waals surface area contributed by atoms with Crippen molar-refractivity contribution in [2.75, 3.05) is 5.32 Å². The fourth-order valence-corrected chi connectivity index (χ4v) is 1.90. The smallest absolute Gasteiger partial charge is 0.165 e. The second-order valence-electron chi connectivity index (χ2n) is 3.95. The molecule has 0 radical (unpaired) electrons. The lowest BCUT2D eigenvalue weighted by molar-refractivity contribution is 0.267. The van der Waals surface area contributed by atoms with Crippen molar-refractivity contribution in [3.05, 3.63) is 24.1 Å². The van der Waals surface area contributed by atoms with E-state index in [2.05, 4.69) is 17.2 Å². The molecule has 76 valence electrons. The molecule has 1 heterocycles. The zero-order valence-electron chi connectivity index (χ0n) is 8.39. The molecule has 1 aliphatic rings. The minimum absolute atomic E-state index is 0.106. The molecular weight excluding hydrogens is 179 g/mol. The summed E-state index contributed by atoms with van der Waals surface area (Å²) in [7, 11) is 0. The molecule has 1 saturated carbocycles. The van der Waals surface area contributed by atoms with Crippen molar-refractivity contribution in [1.82, 2.24) is 4.98 Å². The zero-order chi connectivity index (χ0) is 10.0. The number of hydrogen-bond acceptors (Lipinski definition) is 2. The molecule has 0 bridgehead atoms. The number of aromatic nitrogens is 1. The molecule has 0 atom stereocenters. The third kappa shape index (κ3) is 1.59. The molecule has 3 heteroatoms. The molecule has 14 heavy (non-hydrogen) atoms. The van der Waals surface area contributed by atoms with E-state index >= 15 is 0 Å². The molecule has 1 aliphatic carbocycles. The van der Waals surface area contributed by atoms with Crippen molar-refractivity contribution in [1.29, 1.82) is 0 Å². The maximum absolute atomic E-state index is 13.3. The van der Waals surface area contributed by atoms with Crippen LogP contribution >= 0.6 is 0 Å². The van der Waals surface area contributed by atoms with Crippen LogP contribution in [0.2, 0.25) is 0 Å². The first-order valence-electron chi connectivity index (χ1n) is 5.14. The van der Waals surface area contributed by atoms with Gasteiger partial charge in [-0.15, -0.1) is 0 Å². The van der Waals surface area contributed by atoms with Gasteiger partial charge in [-0.3, -0.25) is 0 Å². The lowest BCUT2D eigenvalue weighted by atomic mass is 9.75. The maximum Gasteiger partial charge on any atom is 0.165 e.